The lowest BCUT2D eigenvalue weighted by atomic mass is 10.1. The quantitative estimate of drug-likeness (QED) is 0.867. The first-order valence-corrected chi connectivity index (χ1v) is 7.97. The highest BCUT2D eigenvalue weighted by molar-refractivity contribution is 9.10. The van der Waals surface area contributed by atoms with Crippen LogP contribution in [0.25, 0.3) is 0 Å². The van der Waals surface area contributed by atoms with Crippen LogP contribution in [-0.2, 0) is 16.6 Å². The number of aliphatic hydroxyl groups excluding tert-OH is 1. The van der Waals surface area contributed by atoms with Crippen LogP contribution in [0.3, 0.4) is 0 Å². The van der Waals surface area contributed by atoms with Crippen LogP contribution in [-0.4, -0.2) is 19.6 Å². The van der Waals surface area contributed by atoms with E-state index in [0.717, 1.165) is 0 Å². The molecular weight excluding hydrogens is 318 g/mol. The Bertz CT molecular complexity index is 514. The molecule has 6 heteroatoms. The first-order valence-electron chi connectivity index (χ1n) is 5.69. The van der Waals surface area contributed by atoms with Crippen molar-refractivity contribution >= 4 is 26.0 Å². The highest BCUT2D eigenvalue weighted by Gasteiger charge is 2.21. The minimum atomic E-state index is -3.58. The van der Waals surface area contributed by atoms with Crippen molar-refractivity contribution in [3.63, 3.8) is 0 Å². The largest absolute Gasteiger partial charge is 0.392 e. The van der Waals surface area contributed by atoms with Gasteiger partial charge in [0.15, 0.2) is 0 Å². The molecule has 1 aromatic rings. The van der Waals surface area contributed by atoms with Gasteiger partial charge in [-0.2, -0.15) is 0 Å². The third kappa shape index (κ3) is 3.78. The number of nitrogens with one attached hydrogen (secondary N) is 1. The van der Waals surface area contributed by atoms with Gasteiger partial charge in [0.05, 0.1) is 11.5 Å². The van der Waals surface area contributed by atoms with Crippen LogP contribution < -0.4 is 4.72 Å². The number of hydrogen-bond acceptors (Lipinski definition) is 3. The smallest absolute Gasteiger partial charge is 0.241 e. The first kappa shape index (κ1) is 15.6. The maximum Gasteiger partial charge on any atom is 0.241 e. The van der Waals surface area contributed by atoms with E-state index in [9.17, 15) is 8.42 Å². The van der Waals surface area contributed by atoms with Crippen molar-refractivity contribution in [1.29, 1.82) is 0 Å². The molecule has 0 aliphatic heterocycles. The second-order valence-corrected chi connectivity index (χ2v) is 7.11. The predicted octanol–water partition coefficient (Wildman–Crippen LogP) is 2.26. The van der Waals surface area contributed by atoms with Crippen LogP contribution in [0.15, 0.2) is 27.6 Å². The summed E-state index contributed by atoms with van der Waals surface area (Å²) in [6, 6.07) is 4.62. The van der Waals surface area contributed by atoms with Crippen LogP contribution >= 0.6 is 15.9 Å². The predicted molar refractivity (Wildman–Crippen MR) is 74.7 cm³/mol. The van der Waals surface area contributed by atoms with Crippen molar-refractivity contribution < 1.29 is 13.5 Å². The lowest BCUT2D eigenvalue weighted by Crippen LogP contribution is -2.36. The molecule has 0 spiro atoms. The van der Waals surface area contributed by atoms with Crippen LogP contribution in [0, 0.1) is 5.92 Å². The van der Waals surface area contributed by atoms with E-state index in [1.54, 1.807) is 12.1 Å². The molecule has 0 amide bonds. The fourth-order valence-electron chi connectivity index (χ4n) is 1.30. The number of aliphatic hydroxyl groups is 1. The summed E-state index contributed by atoms with van der Waals surface area (Å²) in [6.07, 6.45) is 0. The highest BCUT2D eigenvalue weighted by atomic mass is 79.9. The molecular formula is C12H18BrNO3S. The molecule has 0 radical (unpaired) electrons. The molecule has 0 saturated carbocycles. The molecule has 0 saturated heterocycles. The molecule has 1 aromatic carbocycles. The van der Waals surface area contributed by atoms with Crippen molar-refractivity contribution in [2.75, 3.05) is 0 Å². The lowest BCUT2D eigenvalue weighted by Gasteiger charge is -2.18. The molecule has 0 aliphatic rings. The number of rotatable bonds is 5. The van der Waals surface area contributed by atoms with Gasteiger partial charge in [-0.25, -0.2) is 13.1 Å². The van der Waals surface area contributed by atoms with Gasteiger partial charge in [0.25, 0.3) is 0 Å². The Hall–Kier alpha value is -0.430. The molecule has 4 nitrogen and oxygen atoms in total. The number of sulfonamides is 1. The van der Waals surface area contributed by atoms with Crippen molar-refractivity contribution in [3.8, 4) is 0 Å². The van der Waals surface area contributed by atoms with Gasteiger partial charge in [0, 0.05) is 10.5 Å². The summed E-state index contributed by atoms with van der Waals surface area (Å²) < 4.78 is 27.5. The summed E-state index contributed by atoms with van der Waals surface area (Å²) in [7, 11) is -3.58. The Balaban J connectivity index is 3.12. The molecule has 0 aromatic heterocycles. The van der Waals surface area contributed by atoms with E-state index < -0.39 is 10.0 Å². The van der Waals surface area contributed by atoms with Crippen molar-refractivity contribution in [1.82, 2.24) is 4.72 Å². The van der Waals surface area contributed by atoms with Crippen LogP contribution in [0.1, 0.15) is 26.3 Å². The average molecular weight is 336 g/mol. The molecule has 102 valence electrons. The molecule has 2 N–H and O–H groups in total. The minimum absolute atomic E-state index is 0.153. The second kappa shape index (κ2) is 6.14. The molecule has 18 heavy (non-hydrogen) atoms. The molecule has 0 aliphatic carbocycles. The summed E-state index contributed by atoms with van der Waals surface area (Å²) in [5, 5.41) is 9.06. The molecule has 1 unspecified atom stereocenters. The van der Waals surface area contributed by atoms with Crippen molar-refractivity contribution in [2.45, 2.75) is 38.3 Å². The van der Waals surface area contributed by atoms with Gasteiger partial charge < -0.3 is 5.11 Å². The Morgan fingerprint density at radius 2 is 1.94 bits per heavy atom. The van der Waals surface area contributed by atoms with E-state index >= 15 is 0 Å². The third-order valence-electron chi connectivity index (χ3n) is 2.81. The standard InChI is InChI=1S/C12H18BrNO3S/c1-8(2)9(3)14-18(16,17)12-6-10(7-15)4-5-11(12)13/h4-6,8-9,14-15H,7H2,1-3H3. The monoisotopic (exact) mass is 335 g/mol. The van der Waals surface area contributed by atoms with E-state index in [2.05, 4.69) is 20.7 Å². The van der Waals surface area contributed by atoms with Gasteiger partial charge >= 0.3 is 0 Å². The number of benzene rings is 1. The molecule has 0 fully saturated rings. The lowest BCUT2D eigenvalue weighted by molar-refractivity contribution is 0.281. The maximum absolute atomic E-state index is 12.2. The van der Waals surface area contributed by atoms with E-state index in [4.69, 9.17) is 5.11 Å². The maximum atomic E-state index is 12.2. The summed E-state index contributed by atoms with van der Waals surface area (Å²) in [4.78, 5) is 0.154. The van der Waals surface area contributed by atoms with E-state index in [1.807, 2.05) is 20.8 Å². The summed E-state index contributed by atoms with van der Waals surface area (Å²) in [5.74, 6) is 0.208. The molecule has 0 heterocycles. The Morgan fingerprint density at radius 1 is 1.33 bits per heavy atom. The van der Waals surface area contributed by atoms with Crippen molar-refractivity contribution in [2.24, 2.45) is 5.92 Å². The zero-order valence-electron chi connectivity index (χ0n) is 10.6. The summed E-state index contributed by atoms with van der Waals surface area (Å²) >= 11 is 3.22. The fraction of sp³-hybridized carbons (Fsp3) is 0.500. The SMILES string of the molecule is CC(C)C(C)NS(=O)(=O)c1cc(CO)ccc1Br. The number of hydrogen-bond donors (Lipinski definition) is 2. The van der Waals surface area contributed by atoms with Gasteiger partial charge in [-0.05, 0) is 46.5 Å². The second-order valence-electron chi connectivity index (χ2n) is 4.58. The van der Waals surface area contributed by atoms with E-state index in [-0.39, 0.29) is 23.5 Å². The van der Waals surface area contributed by atoms with Gasteiger partial charge in [-0.15, -0.1) is 0 Å². The third-order valence-corrected chi connectivity index (χ3v) is 5.36. The summed E-state index contributed by atoms with van der Waals surface area (Å²) in [6.45, 7) is 5.54. The van der Waals surface area contributed by atoms with E-state index in [1.165, 1.54) is 6.07 Å². The average Bonchev–Trinajstić information content (AvgIpc) is 2.28. The van der Waals surface area contributed by atoms with E-state index in [0.29, 0.717) is 10.0 Å². The molecule has 1 atom stereocenters. The van der Waals surface area contributed by atoms with Gasteiger partial charge in [0.2, 0.25) is 10.0 Å². The Labute approximate surface area is 117 Å². The van der Waals surface area contributed by atoms with Gasteiger partial charge in [-0.3, -0.25) is 0 Å². The van der Waals surface area contributed by atoms with Crippen LogP contribution in [0.4, 0.5) is 0 Å². The minimum Gasteiger partial charge on any atom is -0.392 e. The Morgan fingerprint density at radius 3 is 2.44 bits per heavy atom. The summed E-state index contributed by atoms with van der Waals surface area (Å²) in [5.41, 5.74) is 0.566. The Kier molecular flexibility index (Phi) is 5.33. The highest BCUT2D eigenvalue weighted by Crippen LogP contribution is 2.23. The van der Waals surface area contributed by atoms with Crippen LogP contribution in [0.5, 0.6) is 0 Å². The van der Waals surface area contributed by atoms with Crippen LogP contribution in [0.2, 0.25) is 0 Å². The zero-order chi connectivity index (χ0) is 13.9. The van der Waals surface area contributed by atoms with Crippen molar-refractivity contribution in [3.05, 3.63) is 28.2 Å². The zero-order valence-corrected chi connectivity index (χ0v) is 13.0. The number of halogens is 1. The normalized spacial score (nSPS) is 13.9. The molecule has 0 bridgehead atoms. The van der Waals surface area contributed by atoms with Gasteiger partial charge in [-0.1, -0.05) is 19.9 Å². The topological polar surface area (TPSA) is 66.4 Å². The molecule has 1 rings (SSSR count). The first-order chi connectivity index (χ1) is 8.27. The fourth-order valence-corrected chi connectivity index (χ4v) is 3.70. The van der Waals surface area contributed by atoms with Gasteiger partial charge in [0.1, 0.15) is 0 Å².